The molecular formula is C13H27NO2S. The quantitative estimate of drug-likeness (QED) is 0.591. The van der Waals surface area contributed by atoms with Crippen LogP contribution in [0.5, 0.6) is 0 Å². The second-order valence-corrected chi connectivity index (χ2v) is 6.23. The van der Waals surface area contributed by atoms with Crippen molar-refractivity contribution >= 4 is 11.8 Å². The number of thioether (sulfide) groups is 1. The van der Waals surface area contributed by atoms with Crippen molar-refractivity contribution in [3.05, 3.63) is 0 Å². The highest BCUT2D eigenvalue weighted by Crippen LogP contribution is 2.42. The van der Waals surface area contributed by atoms with E-state index in [-0.39, 0.29) is 6.10 Å². The Morgan fingerprint density at radius 3 is 2.76 bits per heavy atom. The highest BCUT2D eigenvalue weighted by atomic mass is 32.2. The smallest absolute Gasteiger partial charge is 0.0897 e. The molecule has 1 rings (SSSR count). The zero-order chi connectivity index (χ0) is 12.6. The second-order valence-electron chi connectivity index (χ2n) is 4.95. The van der Waals surface area contributed by atoms with Gasteiger partial charge in [0.2, 0.25) is 0 Å². The van der Waals surface area contributed by atoms with Gasteiger partial charge < -0.3 is 15.2 Å². The fraction of sp³-hybridized carbons (Fsp3) is 1.00. The predicted molar refractivity (Wildman–Crippen MR) is 74.7 cm³/mol. The molecular weight excluding hydrogens is 234 g/mol. The summed E-state index contributed by atoms with van der Waals surface area (Å²) in [6.07, 6.45) is 8.01. The molecule has 1 saturated carbocycles. The van der Waals surface area contributed by atoms with Gasteiger partial charge in [0, 0.05) is 24.4 Å². The molecule has 0 aliphatic heterocycles. The van der Waals surface area contributed by atoms with Crippen LogP contribution in [0.15, 0.2) is 0 Å². The van der Waals surface area contributed by atoms with Crippen LogP contribution >= 0.6 is 11.8 Å². The Labute approximate surface area is 110 Å². The third-order valence-corrected chi connectivity index (χ3v) is 4.90. The summed E-state index contributed by atoms with van der Waals surface area (Å²) in [5.74, 6) is 0. The molecule has 3 nitrogen and oxygen atoms in total. The molecule has 0 aromatic rings. The zero-order valence-electron chi connectivity index (χ0n) is 11.2. The largest absolute Gasteiger partial charge is 0.389 e. The summed E-state index contributed by atoms with van der Waals surface area (Å²) in [6.45, 7) is 5.03. The average molecular weight is 261 g/mol. The number of aliphatic hydroxyl groups is 1. The maximum absolute atomic E-state index is 9.71. The number of hydrogen-bond donors (Lipinski definition) is 2. The Hall–Kier alpha value is 0.230. The number of ether oxygens (including phenoxy) is 1. The SMILES string of the molecule is CCCCOCC(O)CNCC1(SC)CCC1. The van der Waals surface area contributed by atoms with Crippen molar-refractivity contribution in [1.82, 2.24) is 5.32 Å². The number of hydrogen-bond acceptors (Lipinski definition) is 4. The maximum atomic E-state index is 9.71. The predicted octanol–water partition coefficient (Wildman–Crippen LogP) is 2.04. The van der Waals surface area contributed by atoms with Crippen molar-refractivity contribution < 1.29 is 9.84 Å². The number of nitrogens with one attached hydrogen (secondary N) is 1. The monoisotopic (exact) mass is 261 g/mol. The molecule has 0 amide bonds. The van der Waals surface area contributed by atoms with Gasteiger partial charge >= 0.3 is 0 Å². The van der Waals surface area contributed by atoms with E-state index in [1.165, 1.54) is 19.3 Å². The first kappa shape index (κ1) is 15.3. The van der Waals surface area contributed by atoms with Gasteiger partial charge in [-0.2, -0.15) is 11.8 Å². The van der Waals surface area contributed by atoms with Crippen LogP contribution in [0.25, 0.3) is 0 Å². The molecule has 2 N–H and O–H groups in total. The van der Waals surface area contributed by atoms with Gasteiger partial charge in [-0.05, 0) is 25.5 Å². The van der Waals surface area contributed by atoms with Gasteiger partial charge in [-0.3, -0.25) is 0 Å². The Morgan fingerprint density at radius 2 is 2.24 bits per heavy atom. The molecule has 1 atom stereocenters. The van der Waals surface area contributed by atoms with Crippen LogP contribution in [0, 0.1) is 0 Å². The Kier molecular flexibility index (Phi) is 7.51. The van der Waals surface area contributed by atoms with E-state index < -0.39 is 0 Å². The molecule has 1 aliphatic rings. The van der Waals surface area contributed by atoms with Crippen molar-refractivity contribution in [3.63, 3.8) is 0 Å². The van der Waals surface area contributed by atoms with E-state index in [4.69, 9.17) is 4.74 Å². The average Bonchev–Trinajstić information content (AvgIpc) is 2.28. The third-order valence-electron chi connectivity index (χ3n) is 3.48. The van der Waals surface area contributed by atoms with E-state index in [9.17, 15) is 5.11 Å². The Balaban J connectivity index is 1.98. The number of unbranched alkanes of at least 4 members (excludes halogenated alkanes) is 1. The van der Waals surface area contributed by atoms with Gasteiger partial charge in [0.1, 0.15) is 0 Å². The lowest BCUT2D eigenvalue weighted by molar-refractivity contribution is 0.0354. The summed E-state index contributed by atoms with van der Waals surface area (Å²) in [4.78, 5) is 0. The first-order chi connectivity index (χ1) is 8.22. The van der Waals surface area contributed by atoms with Crippen molar-refractivity contribution in [2.75, 3.05) is 32.6 Å². The van der Waals surface area contributed by atoms with E-state index in [1.807, 2.05) is 11.8 Å². The number of aliphatic hydroxyl groups excluding tert-OH is 1. The number of rotatable bonds is 10. The van der Waals surface area contributed by atoms with Crippen LogP contribution in [-0.2, 0) is 4.74 Å². The molecule has 1 fully saturated rings. The minimum Gasteiger partial charge on any atom is -0.389 e. The van der Waals surface area contributed by atoms with Gasteiger partial charge in [-0.1, -0.05) is 19.8 Å². The molecule has 0 heterocycles. The molecule has 0 radical (unpaired) electrons. The van der Waals surface area contributed by atoms with E-state index in [1.54, 1.807) is 0 Å². The Bertz CT molecular complexity index is 192. The molecule has 0 bridgehead atoms. The van der Waals surface area contributed by atoms with Gasteiger partial charge in [0.15, 0.2) is 0 Å². The molecule has 0 aromatic carbocycles. The zero-order valence-corrected chi connectivity index (χ0v) is 12.0. The van der Waals surface area contributed by atoms with Gasteiger partial charge in [0.05, 0.1) is 12.7 Å². The van der Waals surface area contributed by atoms with Crippen LogP contribution in [0.2, 0.25) is 0 Å². The van der Waals surface area contributed by atoms with Crippen molar-refractivity contribution in [2.24, 2.45) is 0 Å². The lowest BCUT2D eigenvalue weighted by Crippen LogP contribution is -2.45. The van der Waals surface area contributed by atoms with Crippen LogP contribution in [0.4, 0.5) is 0 Å². The lowest BCUT2D eigenvalue weighted by atomic mass is 9.84. The van der Waals surface area contributed by atoms with Crippen molar-refractivity contribution in [3.8, 4) is 0 Å². The molecule has 0 spiro atoms. The lowest BCUT2D eigenvalue weighted by Gasteiger charge is -2.40. The van der Waals surface area contributed by atoms with Crippen LogP contribution in [0.3, 0.4) is 0 Å². The minimum absolute atomic E-state index is 0.370. The van der Waals surface area contributed by atoms with E-state index in [0.717, 1.165) is 26.0 Å². The van der Waals surface area contributed by atoms with Gasteiger partial charge in [-0.15, -0.1) is 0 Å². The first-order valence-corrected chi connectivity index (χ1v) is 7.96. The van der Waals surface area contributed by atoms with Gasteiger partial charge in [-0.25, -0.2) is 0 Å². The molecule has 0 saturated heterocycles. The maximum Gasteiger partial charge on any atom is 0.0897 e. The molecule has 0 aromatic heterocycles. The topological polar surface area (TPSA) is 41.5 Å². The summed E-state index contributed by atoms with van der Waals surface area (Å²) in [5.41, 5.74) is 0. The first-order valence-electron chi connectivity index (χ1n) is 6.74. The molecule has 1 aliphatic carbocycles. The minimum atomic E-state index is -0.370. The molecule has 4 heteroatoms. The van der Waals surface area contributed by atoms with Crippen LogP contribution < -0.4 is 5.32 Å². The fourth-order valence-electron chi connectivity index (χ4n) is 2.02. The normalized spacial score (nSPS) is 19.9. The van der Waals surface area contributed by atoms with E-state index >= 15 is 0 Å². The molecule has 17 heavy (non-hydrogen) atoms. The standard InChI is InChI=1S/C13H27NO2S/c1-3-4-8-16-10-12(15)9-14-11-13(17-2)6-5-7-13/h12,14-15H,3-11H2,1-2H3. The Morgan fingerprint density at radius 1 is 1.47 bits per heavy atom. The summed E-state index contributed by atoms with van der Waals surface area (Å²) in [7, 11) is 0. The second kappa shape index (κ2) is 8.35. The van der Waals surface area contributed by atoms with Crippen LogP contribution in [0.1, 0.15) is 39.0 Å². The molecule has 102 valence electrons. The summed E-state index contributed by atoms with van der Waals surface area (Å²) in [6, 6.07) is 0. The fourth-order valence-corrected chi connectivity index (χ4v) is 2.96. The van der Waals surface area contributed by atoms with Crippen LogP contribution in [-0.4, -0.2) is 48.5 Å². The summed E-state index contributed by atoms with van der Waals surface area (Å²) in [5, 5.41) is 13.1. The highest BCUT2D eigenvalue weighted by Gasteiger charge is 2.35. The molecule has 1 unspecified atom stereocenters. The highest BCUT2D eigenvalue weighted by molar-refractivity contribution is 8.00. The van der Waals surface area contributed by atoms with Crippen molar-refractivity contribution in [2.45, 2.75) is 49.9 Å². The van der Waals surface area contributed by atoms with E-state index in [0.29, 0.717) is 17.9 Å². The van der Waals surface area contributed by atoms with Crippen molar-refractivity contribution in [1.29, 1.82) is 0 Å². The van der Waals surface area contributed by atoms with E-state index in [2.05, 4.69) is 18.5 Å². The summed E-state index contributed by atoms with van der Waals surface area (Å²) >= 11 is 1.96. The van der Waals surface area contributed by atoms with Gasteiger partial charge in [0.25, 0.3) is 0 Å². The summed E-state index contributed by atoms with van der Waals surface area (Å²) < 4.78 is 5.84. The third kappa shape index (κ3) is 5.60.